The molecule has 3 rings (SSSR count). The number of methoxy groups -OCH3 is 1. The zero-order chi connectivity index (χ0) is 19.2. The molecule has 2 aromatic rings. The SMILES string of the molecule is COc1ccc(CCCN2CCN(C)CC2)cc1Cn1ccc([N+](=O)[O-])n1. The lowest BCUT2D eigenvalue weighted by Crippen LogP contribution is -2.44. The smallest absolute Gasteiger partial charge is 0.389 e. The van der Waals surface area contributed by atoms with Crippen molar-refractivity contribution in [3.8, 4) is 5.75 Å². The van der Waals surface area contributed by atoms with E-state index in [0.29, 0.717) is 6.54 Å². The summed E-state index contributed by atoms with van der Waals surface area (Å²) >= 11 is 0. The van der Waals surface area contributed by atoms with Crippen molar-refractivity contribution in [3.05, 3.63) is 51.7 Å². The molecule has 0 aliphatic carbocycles. The lowest BCUT2D eigenvalue weighted by Gasteiger charge is -2.32. The van der Waals surface area contributed by atoms with Crippen LogP contribution in [0.15, 0.2) is 30.5 Å². The van der Waals surface area contributed by atoms with Gasteiger partial charge in [-0.2, -0.15) is 4.68 Å². The number of nitrogens with zero attached hydrogens (tertiary/aromatic N) is 5. The van der Waals surface area contributed by atoms with Gasteiger partial charge in [0.1, 0.15) is 5.75 Å². The fraction of sp³-hybridized carbons (Fsp3) is 0.526. The Morgan fingerprint density at radius 1 is 1.22 bits per heavy atom. The van der Waals surface area contributed by atoms with Crippen molar-refractivity contribution in [2.75, 3.05) is 46.9 Å². The van der Waals surface area contributed by atoms with Gasteiger partial charge in [0.15, 0.2) is 0 Å². The third-order valence-electron chi connectivity index (χ3n) is 5.03. The van der Waals surface area contributed by atoms with E-state index in [9.17, 15) is 10.1 Å². The molecule has 8 heteroatoms. The largest absolute Gasteiger partial charge is 0.496 e. The highest BCUT2D eigenvalue weighted by Gasteiger charge is 2.15. The van der Waals surface area contributed by atoms with Gasteiger partial charge in [0.25, 0.3) is 0 Å². The first-order valence-electron chi connectivity index (χ1n) is 9.29. The first-order chi connectivity index (χ1) is 13.0. The van der Waals surface area contributed by atoms with Gasteiger partial charge in [0, 0.05) is 31.7 Å². The van der Waals surface area contributed by atoms with Crippen molar-refractivity contribution >= 4 is 5.82 Å². The van der Waals surface area contributed by atoms with Crippen molar-refractivity contribution in [1.82, 2.24) is 19.6 Å². The maximum atomic E-state index is 10.8. The minimum Gasteiger partial charge on any atom is -0.496 e. The Balaban J connectivity index is 1.59. The Morgan fingerprint density at radius 2 is 2.00 bits per heavy atom. The van der Waals surface area contributed by atoms with Gasteiger partial charge in [0.05, 0.1) is 31.0 Å². The molecule has 0 bridgehead atoms. The number of aromatic nitrogens is 2. The van der Waals surface area contributed by atoms with Crippen molar-refractivity contribution in [2.45, 2.75) is 19.4 Å². The van der Waals surface area contributed by atoms with Gasteiger partial charge < -0.3 is 24.7 Å². The highest BCUT2D eigenvalue weighted by Crippen LogP contribution is 2.22. The Morgan fingerprint density at radius 3 is 2.67 bits per heavy atom. The van der Waals surface area contributed by atoms with Crippen molar-refractivity contribution in [2.24, 2.45) is 0 Å². The summed E-state index contributed by atoms with van der Waals surface area (Å²) in [5, 5.41) is 14.8. The summed E-state index contributed by atoms with van der Waals surface area (Å²) in [5.74, 6) is 0.633. The summed E-state index contributed by atoms with van der Waals surface area (Å²) in [6, 6.07) is 7.60. The minimum atomic E-state index is -0.484. The number of aryl methyl sites for hydroxylation is 1. The van der Waals surface area contributed by atoms with Crippen LogP contribution in [0.1, 0.15) is 17.5 Å². The average molecular weight is 373 g/mol. The van der Waals surface area contributed by atoms with Crippen LogP contribution in [0.5, 0.6) is 5.75 Å². The fourth-order valence-corrected chi connectivity index (χ4v) is 3.40. The Hall–Kier alpha value is -2.45. The molecule has 0 saturated carbocycles. The third-order valence-corrected chi connectivity index (χ3v) is 5.03. The maximum Gasteiger partial charge on any atom is 0.389 e. The van der Waals surface area contributed by atoms with E-state index in [1.54, 1.807) is 18.0 Å². The number of hydrogen-bond acceptors (Lipinski definition) is 6. The van der Waals surface area contributed by atoms with E-state index >= 15 is 0 Å². The number of hydrogen-bond donors (Lipinski definition) is 0. The highest BCUT2D eigenvalue weighted by atomic mass is 16.6. The van der Waals surface area contributed by atoms with Crippen LogP contribution < -0.4 is 4.74 Å². The second kappa shape index (κ2) is 8.96. The molecule has 0 radical (unpaired) electrons. The zero-order valence-corrected chi connectivity index (χ0v) is 16.0. The molecule has 0 spiro atoms. The molecule has 1 fully saturated rings. The number of benzene rings is 1. The second-order valence-electron chi connectivity index (χ2n) is 7.02. The predicted octanol–water partition coefficient (Wildman–Crippen LogP) is 2.03. The molecular formula is C19H27N5O3. The molecule has 1 saturated heterocycles. The summed E-state index contributed by atoms with van der Waals surface area (Å²) in [4.78, 5) is 15.2. The van der Waals surface area contributed by atoms with Crippen LogP contribution in [0.4, 0.5) is 5.82 Å². The molecule has 0 N–H and O–H groups in total. The highest BCUT2D eigenvalue weighted by molar-refractivity contribution is 5.37. The summed E-state index contributed by atoms with van der Waals surface area (Å²) in [6.07, 6.45) is 3.74. The quantitative estimate of drug-likeness (QED) is 0.521. The van der Waals surface area contributed by atoms with Crippen molar-refractivity contribution < 1.29 is 9.66 Å². The van der Waals surface area contributed by atoms with Crippen LogP contribution in [-0.2, 0) is 13.0 Å². The van der Waals surface area contributed by atoms with Crippen LogP contribution in [0.25, 0.3) is 0 Å². The lowest BCUT2D eigenvalue weighted by atomic mass is 10.0. The Bertz CT molecular complexity index is 768. The zero-order valence-electron chi connectivity index (χ0n) is 16.0. The monoisotopic (exact) mass is 373 g/mol. The molecule has 1 aromatic heterocycles. The number of likely N-dealkylation sites (N-methyl/N-ethyl adjacent to an activating group) is 1. The molecule has 1 aliphatic heterocycles. The molecule has 0 amide bonds. The van der Waals surface area contributed by atoms with Gasteiger partial charge in [-0.15, -0.1) is 0 Å². The van der Waals surface area contributed by atoms with Crippen LogP contribution in [0, 0.1) is 10.1 Å². The van der Waals surface area contributed by atoms with Crippen LogP contribution in [0.2, 0.25) is 0 Å². The maximum absolute atomic E-state index is 10.8. The summed E-state index contributed by atoms with van der Waals surface area (Å²) in [5.41, 5.74) is 2.23. The minimum absolute atomic E-state index is 0.141. The van der Waals surface area contributed by atoms with E-state index in [1.165, 1.54) is 11.6 Å². The van der Waals surface area contributed by atoms with E-state index < -0.39 is 4.92 Å². The molecule has 0 unspecified atom stereocenters. The van der Waals surface area contributed by atoms with Gasteiger partial charge >= 0.3 is 5.82 Å². The van der Waals surface area contributed by atoms with E-state index in [4.69, 9.17) is 4.74 Å². The number of piperazine rings is 1. The van der Waals surface area contributed by atoms with E-state index in [1.807, 2.05) is 6.07 Å². The van der Waals surface area contributed by atoms with E-state index in [2.05, 4.69) is 34.1 Å². The van der Waals surface area contributed by atoms with Gasteiger partial charge in [0.2, 0.25) is 0 Å². The number of ether oxygens (including phenoxy) is 1. The van der Waals surface area contributed by atoms with Gasteiger partial charge in [-0.3, -0.25) is 0 Å². The predicted molar refractivity (Wildman–Crippen MR) is 103 cm³/mol. The Labute approximate surface area is 159 Å². The summed E-state index contributed by atoms with van der Waals surface area (Å²) in [6.45, 7) is 6.13. The summed E-state index contributed by atoms with van der Waals surface area (Å²) in [7, 11) is 3.81. The third kappa shape index (κ3) is 5.27. The van der Waals surface area contributed by atoms with Gasteiger partial charge in [-0.05, 0) is 43.0 Å². The first kappa shape index (κ1) is 19.3. The van der Waals surface area contributed by atoms with E-state index in [0.717, 1.165) is 56.9 Å². The molecule has 146 valence electrons. The molecule has 1 aromatic carbocycles. The topological polar surface area (TPSA) is 76.7 Å². The van der Waals surface area contributed by atoms with Crippen molar-refractivity contribution in [1.29, 1.82) is 0 Å². The molecular weight excluding hydrogens is 346 g/mol. The van der Waals surface area contributed by atoms with Crippen molar-refractivity contribution in [3.63, 3.8) is 0 Å². The van der Waals surface area contributed by atoms with Crippen LogP contribution in [-0.4, -0.2) is 71.4 Å². The standard InChI is InChI=1S/C19H27N5O3/c1-21-10-12-22(13-11-21)8-3-4-16-5-6-18(27-2)17(14-16)15-23-9-7-19(20-23)24(25)26/h5-7,9,14H,3-4,8,10-13,15H2,1-2H3. The molecule has 27 heavy (non-hydrogen) atoms. The molecule has 2 heterocycles. The fourth-order valence-electron chi connectivity index (χ4n) is 3.40. The van der Waals surface area contributed by atoms with Crippen LogP contribution in [0.3, 0.4) is 0 Å². The number of rotatable bonds is 8. The average Bonchev–Trinajstić information content (AvgIpc) is 3.12. The van der Waals surface area contributed by atoms with Crippen LogP contribution >= 0.6 is 0 Å². The molecule has 0 atom stereocenters. The Kier molecular flexibility index (Phi) is 6.41. The summed E-state index contributed by atoms with van der Waals surface area (Å²) < 4.78 is 7.02. The van der Waals surface area contributed by atoms with E-state index in [-0.39, 0.29) is 5.82 Å². The normalized spacial score (nSPS) is 15.8. The lowest BCUT2D eigenvalue weighted by molar-refractivity contribution is -0.389. The van der Waals surface area contributed by atoms with Gasteiger partial charge in [-0.1, -0.05) is 12.1 Å². The second-order valence-corrected chi connectivity index (χ2v) is 7.02. The van der Waals surface area contributed by atoms with Gasteiger partial charge in [-0.25, -0.2) is 0 Å². The number of nitro groups is 1. The molecule has 8 nitrogen and oxygen atoms in total. The first-order valence-corrected chi connectivity index (χ1v) is 9.29. The molecule has 1 aliphatic rings.